The monoisotopic (exact) mass is 487 g/mol. The summed E-state index contributed by atoms with van der Waals surface area (Å²) >= 11 is 0. The molecule has 3 rings (SSSR count). The van der Waals surface area contributed by atoms with E-state index in [1.165, 1.54) is 26.2 Å². The fourth-order valence-electron chi connectivity index (χ4n) is 3.72. The smallest absolute Gasteiger partial charge is 0.270 e. The van der Waals surface area contributed by atoms with Gasteiger partial charge in [0, 0.05) is 37.9 Å². The second kappa shape index (κ2) is 10.0. The van der Waals surface area contributed by atoms with Gasteiger partial charge < -0.3 is 15.6 Å². The molecule has 2 aromatic heterocycles. The SMILES string of the molecule is Cc1c(-c2cccc(S(=O)(=O)N(C)C)c2)c2nc(C(=O)NC(C)C)ccc2n1C/C(F)=C/CN. The molecule has 0 radical (unpaired) electrons. The zero-order chi connectivity index (χ0) is 25.2. The van der Waals surface area contributed by atoms with Crippen molar-refractivity contribution in [2.45, 2.75) is 38.3 Å². The number of benzene rings is 1. The minimum Gasteiger partial charge on any atom is -0.349 e. The van der Waals surface area contributed by atoms with Gasteiger partial charge >= 0.3 is 0 Å². The lowest BCUT2D eigenvalue weighted by atomic mass is 10.0. The lowest BCUT2D eigenvalue weighted by Gasteiger charge is -2.13. The number of nitrogens with zero attached hydrogens (tertiary/aromatic N) is 3. The Bertz CT molecular complexity index is 1360. The Labute approximate surface area is 199 Å². The number of hydrogen-bond acceptors (Lipinski definition) is 5. The summed E-state index contributed by atoms with van der Waals surface area (Å²) in [6.45, 7) is 5.53. The number of nitrogens with two attached hydrogens (primary N) is 1. The average Bonchev–Trinajstić information content (AvgIpc) is 3.04. The first-order valence-electron chi connectivity index (χ1n) is 10.9. The van der Waals surface area contributed by atoms with Crippen molar-refractivity contribution >= 4 is 27.0 Å². The van der Waals surface area contributed by atoms with Gasteiger partial charge in [0.15, 0.2) is 0 Å². The average molecular weight is 488 g/mol. The molecule has 0 bridgehead atoms. The molecule has 1 amide bonds. The van der Waals surface area contributed by atoms with Gasteiger partial charge in [0.1, 0.15) is 11.5 Å². The predicted molar refractivity (Wildman–Crippen MR) is 132 cm³/mol. The molecule has 0 unspecified atom stereocenters. The minimum absolute atomic E-state index is 0.0611. The first-order valence-corrected chi connectivity index (χ1v) is 12.3. The summed E-state index contributed by atoms with van der Waals surface area (Å²) in [5, 5.41) is 2.82. The van der Waals surface area contributed by atoms with Gasteiger partial charge in [-0.15, -0.1) is 0 Å². The molecule has 10 heteroatoms. The molecular formula is C24H30FN5O3S. The van der Waals surface area contributed by atoms with Gasteiger partial charge in [0.2, 0.25) is 10.0 Å². The van der Waals surface area contributed by atoms with E-state index >= 15 is 0 Å². The van der Waals surface area contributed by atoms with Crippen molar-refractivity contribution in [3.05, 3.63) is 59.7 Å². The number of allylic oxidation sites excluding steroid dienone is 1. The maximum Gasteiger partial charge on any atom is 0.270 e. The number of halogens is 1. The Morgan fingerprint density at radius 3 is 2.59 bits per heavy atom. The van der Waals surface area contributed by atoms with Gasteiger partial charge in [-0.2, -0.15) is 0 Å². The van der Waals surface area contributed by atoms with E-state index in [0.29, 0.717) is 27.9 Å². The van der Waals surface area contributed by atoms with Crippen molar-refractivity contribution in [3.8, 4) is 11.1 Å². The fraction of sp³-hybridized carbons (Fsp3) is 0.333. The van der Waals surface area contributed by atoms with Gasteiger partial charge in [-0.05, 0) is 56.7 Å². The number of sulfonamides is 1. The molecule has 34 heavy (non-hydrogen) atoms. The Morgan fingerprint density at radius 1 is 1.26 bits per heavy atom. The second-order valence-corrected chi connectivity index (χ2v) is 10.6. The molecule has 0 fully saturated rings. The molecule has 0 spiro atoms. The van der Waals surface area contributed by atoms with Crippen molar-refractivity contribution in [1.29, 1.82) is 0 Å². The Kier molecular flexibility index (Phi) is 7.54. The molecular weight excluding hydrogens is 457 g/mol. The first-order chi connectivity index (χ1) is 16.0. The lowest BCUT2D eigenvalue weighted by Crippen LogP contribution is -2.30. The number of amides is 1. The number of hydrogen-bond donors (Lipinski definition) is 2. The van der Waals surface area contributed by atoms with E-state index in [2.05, 4.69) is 10.3 Å². The van der Waals surface area contributed by atoms with E-state index in [-0.39, 0.29) is 35.6 Å². The highest BCUT2D eigenvalue weighted by Gasteiger charge is 2.23. The van der Waals surface area contributed by atoms with Crippen LogP contribution in [0, 0.1) is 6.92 Å². The summed E-state index contributed by atoms with van der Waals surface area (Å²) < 4.78 is 42.8. The van der Waals surface area contributed by atoms with Crippen LogP contribution in [0.3, 0.4) is 0 Å². The quantitative estimate of drug-likeness (QED) is 0.507. The summed E-state index contributed by atoms with van der Waals surface area (Å²) in [5.74, 6) is -0.731. The molecule has 0 saturated carbocycles. The van der Waals surface area contributed by atoms with E-state index in [9.17, 15) is 17.6 Å². The molecule has 182 valence electrons. The highest BCUT2D eigenvalue weighted by atomic mass is 32.2. The van der Waals surface area contributed by atoms with E-state index < -0.39 is 15.9 Å². The van der Waals surface area contributed by atoms with Gasteiger partial charge in [0.25, 0.3) is 5.91 Å². The summed E-state index contributed by atoms with van der Waals surface area (Å²) in [4.78, 5) is 17.3. The van der Waals surface area contributed by atoms with Gasteiger partial charge in [-0.25, -0.2) is 22.1 Å². The highest BCUT2D eigenvalue weighted by Crippen LogP contribution is 2.35. The Morgan fingerprint density at radius 2 is 1.97 bits per heavy atom. The predicted octanol–water partition coefficient (Wildman–Crippen LogP) is 3.21. The summed E-state index contributed by atoms with van der Waals surface area (Å²) in [7, 11) is -0.739. The number of carbonyl (C=O) groups excluding carboxylic acids is 1. The number of rotatable bonds is 8. The van der Waals surface area contributed by atoms with E-state index in [1.807, 2.05) is 20.8 Å². The number of fused-ring (bicyclic) bond motifs is 1. The molecule has 0 aliphatic heterocycles. The Hall–Kier alpha value is -3.08. The summed E-state index contributed by atoms with van der Waals surface area (Å²) in [5.41, 5.74) is 8.69. The molecule has 8 nitrogen and oxygen atoms in total. The summed E-state index contributed by atoms with van der Waals surface area (Å²) in [6.07, 6.45) is 1.30. The van der Waals surface area contributed by atoms with Crippen LogP contribution in [0.4, 0.5) is 4.39 Å². The maximum atomic E-state index is 14.5. The molecule has 2 heterocycles. The first kappa shape index (κ1) is 25.5. The van der Waals surface area contributed by atoms with E-state index in [1.54, 1.807) is 34.9 Å². The Balaban J connectivity index is 2.29. The van der Waals surface area contributed by atoms with Crippen molar-refractivity contribution in [1.82, 2.24) is 19.2 Å². The van der Waals surface area contributed by atoms with Crippen molar-refractivity contribution < 1.29 is 17.6 Å². The molecule has 0 atom stereocenters. The summed E-state index contributed by atoms with van der Waals surface area (Å²) in [6, 6.07) is 9.76. The fourth-order valence-corrected chi connectivity index (χ4v) is 4.67. The molecule has 0 saturated heterocycles. The standard InChI is InChI=1S/C24H30FN5O3S/c1-15(2)27-24(31)20-9-10-21-23(28-20)22(16(3)30(21)14-18(25)11-12-26)17-7-6-8-19(13-17)34(32,33)29(4)5/h6-11,13,15H,12,14,26H2,1-5H3,(H,27,31)/b18-11-. The van der Waals surface area contributed by atoms with Crippen LogP contribution in [0.2, 0.25) is 0 Å². The van der Waals surface area contributed by atoms with Crippen LogP contribution in [0.5, 0.6) is 0 Å². The lowest BCUT2D eigenvalue weighted by molar-refractivity contribution is 0.0938. The topological polar surface area (TPSA) is 110 Å². The molecule has 3 N–H and O–H groups in total. The molecule has 0 aliphatic rings. The van der Waals surface area contributed by atoms with Crippen molar-refractivity contribution in [2.75, 3.05) is 20.6 Å². The van der Waals surface area contributed by atoms with Crippen molar-refractivity contribution in [3.63, 3.8) is 0 Å². The number of carbonyl (C=O) groups is 1. The number of nitrogens with one attached hydrogen (secondary N) is 1. The normalized spacial score (nSPS) is 12.7. The van der Waals surface area contributed by atoms with Gasteiger partial charge in [-0.3, -0.25) is 4.79 Å². The van der Waals surface area contributed by atoms with Crippen LogP contribution in [0.1, 0.15) is 30.0 Å². The molecule has 0 aliphatic carbocycles. The van der Waals surface area contributed by atoms with E-state index in [4.69, 9.17) is 5.73 Å². The second-order valence-electron chi connectivity index (χ2n) is 8.44. The zero-order valence-corrected chi connectivity index (χ0v) is 20.8. The van der Waals surface area contributed by atoms with Gasteiger partial charge in [0.05, 0.1) is 22.5 Å². The number of aromatic nitrogens is 2. The van der Waals surface area contributed by atoms with Crippen molar-refractivity contribution in [2.24, 2.45) is 5.73 Å². The third-order valence-corrected chi connectivity index (χ3v) is 7.18. The number of pyridine rings is 1. The molecule has 1 aromatic carbocycles. The third kappa shape index (κ3) is 5.03. The van der Waals surface area contributed by atoms with Crippen LogP contribution in [0.15, 0.2) is 53.2 Å². The molecule has 3 aromatic rings. The van der Waals surface area contributed by atoms with Gasteiger partial charge in [-0.1, -0.05) is 12.1 Å². The zero-order valence-electron chi connectivity index (χ0n) is 20.0. The maximum absolute atomic E-state index is 14.5. The van der Waals surface area contributed by atoms with E-state index in [0.717, 1.165) is 4.31 Å². The van der Waals surface area contributed by atoms with Crippen LogP contribution in [-0.2, 0) is 16.6 Å². The highest BCUT2D eigenvalue weighted by molar-refractivity contribution is 7.89. The largest absolute Gasteiger partial charge is 0.349 e. The van der Waals surface area contributed by atoms with Crippen LogP contribution < -0.4 is 11.1 Å². The van der Waals surface area contributed by atoms with Crippen LogP contribution >= 0.6 is 0 Å². The van der Waals surface area contributed by atoms with Crippen LogP contribution in [0.25, 0.3) is 22.2 Å². The van der Waals surface area contributed by atoms with Crippen LogP contribution in [-0.4, -0.2) is 54.9 Å². The minimum atomic E-state index is -3.67. The third-order valence-electron chi connectivity index (χ3n) is 5.37.